The number of ether oxygens (including phenoxy) is 1. The number of nitrogens with zero attached hydrogens (tertiary/aromatic N) is 1. The lowest BCUT2D eigenvalue weighted by Gasteiger charge is -2.36. The quantitative estimate of drug-likeness (QED) is 0.359. The Morgan fingerprint density at radius 3 is 2.12 bits per heavy atom. The van der Waals surface area contributed by atoms with E-state index in [9.17, 15) is 5.26 Å². The average molecular weight is 362 g/mol. The lowest BCUT2D eigenvalue weighted by molar-refractivity contribution is -0.0185. The third-order valence-electron chi connectivity index (χ3n) is 7.14. The van der Waals surface area contributed by atoms with Crippen molar-refractivity contribution in [3.05, 3.63) is 0 Å². The minimum atomic E-state index is -0.0368. The molecule has 2 nitrogen and oxygen atoms in total. The van der Waals surface area contributed by atoms with Crippen LogP contribution in [0.25, 0.3) is 0 Å². The van der Waals surface area contributed by atoms with Gasteiger partial charge in [-0.05, 0) is 56.8 Å². The first-order valence-electron chi connectivity index (χ1n) is 11.7. The van der Waals surface area contributed by atoms with E-state index < -0.39 is 0 Å². The average Bonchev–Trinajstić information content (AvgIpc) is 2.70. The van der Waals surface area contributed by atoms with Gasteiger partial charge in [0.1, 0.15) is 0 Å². The summed E-state index contributed by atoms with van der Waals surface area (Å²) < 4.78 is 6.31. The Labute approximate surface area is 163 Å². The molecule has 0 saturated heterocycles. The predicted octanol–water partition coefficient (Wildman–Crippen LogP) is 7.42. The van der Waals surface area contributed by atoms with Crippen LogP contribution in [0.1, 0.15) is 117 Å². The Morgan fingerprint density at radius 2 is 1.50 bits per heavy atom. The number of hydrogen-bond acceptors (Lipinski definition) is 2. The second kappa shape index (κ2) is 12.0. The molecule has 2 fully saturated rings. The summed E-state index contributed by atoms with van der Waals surface area (Å²) in [5, 5.41) is 9.71. The van der Waals surface area contributed by atoms with Crippen molar-refractivity contribution in [3.8, 4) is 6.07 Å². The minimum absolute atomic E-state index is 0.0368. The van der Waals surface area contributed by atoms with Gasteiger partial charge in [0.2, 0.25) is 0 Å². The number of unbranched alkanes of at least 4 members (excludes halogenated alkanes) is 4. The molecular weight excluding hydrogens is 318 g/mol. The molecule has 2 saturated carbocycles. The summed E-state index contributed by atoms with van der Waals surface area (Å²) in [5.74, 6) is 1.79. The van der Waals surface area contributed by atoms with Gasteiger partial charge in [-0.15, -0.1) is 0 Å². The van der Waals surface area contributed by atoms with Crippen LogP contribution in [0.4, 0.5) is 0 Å². The first-order chi connectivity index (χ1) is 12.7. The van der Waals surface area contributed by atoms with Gasteiger partial charge in [0.25, 0.3) is 0 Å². The summed E-state index contributed by atoms with van der Waals surface area (Å²) in [5.41, 5.74) is -0.0368. The van der Waals surface area contributed by atoms with E-state index in [0.717, 1.165) is 50.5 Å². The summed E-state index contributed by atoms with van der Waals surface area (Å²) in [7, 11) is 0. The topological polar surface area (TPSA) is 33.0 Å². The smallest absolute Gasteiger partial charge is 0.0689 e. The van der Waals surface area contributed by atoms with Gasteiger partial charge in [0.15, 0.2) is 0 Å². The van der Waals surface area contributed by atoms with Crippen molar-refractivity contribution in [2.45, 2.75) is 123 Å². The van der Waals surface area contributed by atoms with Crippen LogP contribution in [-0.4, -0.2) is 12.7 Å². The molecule has 2 heteroatoms. The monoisotopic (exact) mass is 361 g/mol. The van der Waals surface area contributed by atoms with Crippen LogP contribution in [-0.2, 0) is 4.74 Å². The number of nitriles is 1. The molecule has 2 aliphatic rings. The third-order valence-corrected chi connectivity index (χ3v) is 7.14. The van der Waals surface area contributed by atoms with E-state index in [-0.39, 0.29) is 5.41 Å². The lowest BCUT2D eigenvalue weighted by Crippen LogP contribution is -2.31. The second-order valence-corrected chi connectivity index (χ2v) is 9.26. The van der Waals surface area contributed by atoms with Crippen molar-refractivity contribution in [2.75, 3.05) is 6.61 Å². The molecule has 0 aromatic rings. The van der Waals surface area contributed by atoms with Crippen molar-refractivity contribution >= 4 is 0 Å². The molecule has 0 heterocycles. The largest absolute Gasteiger partial charge is 0.378 e. The van der Waals surface area contributed by atoms with Crippen LogP contribution >= 0.6 is 0 Å². The van der Waals surface area contributed by atoms with E-state index in [0.29, 0.717) is 6.10 Å². The standard InChI is InChI=1S/C24H43NO/c1-3-5-7-8-16-24(20-25)17-14-23(15-18-24)26-19-22-12-10-21(11-13-22)9-6-4-2/h21-23H,3-19H2,1-2H3. The molecular formula is C24H43NO. The molecule has 2 aliphatic carbocycles. The van der Waals surface area contributed by atoms with Crippen molar-refractivity contribution in [1.29, 1.82) is 5.26 Å². The molecule has 26 heavy (non-hydrogen) atoms. The SMILES string of the molecule is CCCCCCC1(C#N)CCC(OCC2CCC(CCCC)CC2)CC1. The fourth-order valence-electron chi connectivity index (χ4n) is 5.07. The lowest BCUT2D eigenvalue weighted by atomic mass is 9.71. The van der Waals surface area contributed by atoms with Gasteiger partial charge in [-0.2, -0.15) is 5.26 Å². The molecule has 0 radical (unpaired) electrons. The summed E-state index contributed by atoms with van der Waals surface area (Å²) in [6.45, 7) is 5.53. The predicted molar refractivity (Wildman–Crippen MR) is 110 cm³/mol. The summed E-state index contributed by atoms with van der Waals surface area (Å²) in [6, 6.07) is 2.69. The summed E-state index contributed by atoms with van der Waals surface area (Å²) in [6.07, 6.45) is 20.8. The van der Waals surface area contributed by atoms with Gasteiger partial charge >= 0.3 is 0 Å². The highest BCUT2D eigenvalue weighted by molar-refractivity contribution is 5.01. The highest BCUT2D eigenvalue weighted by Gasteiger charge is 2.35. The van der Waals surface area contributed by atoms with E-state index >= 15 is 0 Å². The number of hydrogen-bond donors (Lipinski definition) is 0. The highest BCUT2D eigenvalue weighted by atomic mass is 16.5. The van der Waals surface area contributed by atoms with E-state index in [4.69, 9.17) is 4.74 Å². The third kappa shape index (κ3) is 7.22. The molecule has 0 N–H and O–H groups in total. The second-order valence-electron chi connectivity index (χ2n) is 9.26. The first kappa shape index (κ1) is 21.7. The molecule has 0 amide bonds. The van der Waals surface area contributed by atoms with Gasteiger partial charge in [0, 0.05) is 6.61 Å². The molecule has 0 bridgehead atoms. The van der Waals surface area contributed by atoms with Gasteiger partial charge in [-0.25, -0.2) is 0 Å². The Balaban J connectivity index is 1.60. The molecule has 150 valence electrons. The molecule has 0 unspecified atom stereocenters. The van der Waals surface area contributed by atoms with E-state index in [1.54, 1.807) is 0 Å². The van der Waals surface area contributed by atoms with Gasteiger partial charge in [-0.1, -0.05) is 71.6 Å². The molecule has 0 aromatic heterocycles. The fourth-order valence-corrected chi connectivity index (χ4v) is 5.07. The maximum Gasteiger partial charge on any atom is 0.0689 e. The van der Waals surface area contributed by atoms with Crippen LogP contribution in [0.2, 0.25) is 0 Å². The zero-order valence-corrected chi connectivity index (χ0v) is 17.6. The Hall–Kier alpha value is -0.550. The minimum Gasteiger partial charge on any atom is -0.378 e. The highest BCUT2D eigenvalue weighted by Crippen LogP contribution is 2.41. The van der Waals surface area contributed by atoms with E-state index in [1.165, 1.54) is 70.6 Å². The molecule has 0 atom stereocenters. The Morgan fingerprint density at radius 1 is 0.846 bits per heavy atom. The fraction of sp³-hybridized carbons (Fsp3) is 0.958. The van der Waals surface area contributed by atoms with Crippen LogP contribution in [0.5, 0.6) is 0 Å². The van der Waals surface area contributed by atoms with E-state index in [1.807, 2.05) is 0 Å². The van der Waals surface area contributed by atoms with Crippen LogP contribution in [0.3, 0.4) is 0 Å². The van der Waals surface area contributed by atoms with Crippen LogP contribution in [0, 0.1) is 28.6 Å². The normalized spacial score (nSPS) is 32.3. The van der Waals surface area contributed by atoms with Crippen molar-refractivity contribution in [2.24, 2.45) is 17.3 Å². The van der Waals surface area contributed by atoms with Gasteiger partial charge in [-0.3, -0.25) is 0 Å². The number of rotatable bonds is 11. The van der Waals surface area contributed by atoms with Gasteiger partial charge < -0.3 is 4.74 Å². The zero-order valence-electron chi connectivity index (χ0n) is 17.6. The van der Waals surface area contributed by atoms with Gasteiger partial charge in [0.05, 0.1) is 17.6 Å². The van der Waals surface area contributed by atoms with Crippen LogP contribution < -0.4 is 0 Å². The molecule has 0 aromatic carbocycles. The van der Waals surface area contributed by atoms with Crippen LogP contribution in [0.15, 0.2) is 0 Å². The maximum atomic E-state index is 9.71. The first-order valence-corrected chi connectivity index (χ1v) is 11.7. The summed E-state index contributed by atoms with van der Waals surface area (Å²) in [4.78, 5) is 0. The Bertz CT molecular complexity index is 397. The van der Waals surface area contributed by atoms with Crippen molar-refractivity contribution < 1.29 is 4.74 Å². The molecule has 2 rings (SSSR count). The Kier molecular flexibility index (Phi) is 10.1. The molecule has 0 spiro atoms. The van der Waals surface area contributed by atoms with E-state index in [2.05, 4.69) is 19.9 Å². The zero-order chi connectivity index (χ0) is 18.7. The molecule has 0 aliphatic heterocycles. The van der Waals surface area contributed by atoms with Crippen molar-refractivity contribution in [1.82, 2.24) is 0 Å². The van der Waals surface area contributed by atoms with Crippen molar-refractivity contribution in [3.63, 3.8) is 0 Å². The summed E-state index contributed by atoms with van der Waals surface area (Å²) >= 11 is 0. The maximum absolute atomic E-state index is 9.71.